The Morgan fingerprint density at radius 1 is 1.23 bits per heavy atom. The molecule has 1 aromatic carbocycles. The number of nitrogens with zero attached hydrogens (tertiary/aromatic N) is 3. The molecule has 0 aliphatic heterocycles. The molecule has 2 atom stereocenters. The SMILES string of the molecule is Cn1c(Cc2ccccc2)nnc1[C@H]1CC[C@H](NC(=O)OC(C)(C)C)C1. The number of benzene rings is 1. The molecule has 1 amide bonds. The van der Waals surface area contributed by atoms with E-state index in [0.717, 1.165) is 37.3 Å². The normalized spacial score (nSPS) is 20.2. The van der Waals surface area contributed by atoms with Gasteiger partial charge in [0.05, 0.1) is 0 Å². The number of hydrogen-bond acceptors (Lipinski definition) is 4. The second kappa shape index (κ2) is 7.48. The van der Waals surface area contributed by atoms with Gasteiger partial charge in [0.25, 0.3) is 0 Å². The summed E-state index contributed by atoms with van der Waals surface area (Å²) >= 11 is 0. The van der Waals surface area contributed by atoms with Crippen LogP contribution in [0.25, 0.3) is 0 Å². The Bertz CT molecular complexity index is 749. The summed E-state index contributed by atoms with van der Waals surface area (Å²) in [5.74, 6) is 2.29. The van der Waals surface area contributed by atoms with Crippen molar-refractivity contribution in [3.8, 4) is 0 Å². The molecule has 1 aliphatic rings. The lowest BCUT2D eigenvalue weighted by atomic mass is 10.1. The lowest BCUT2D eigenvalue weighted by Gasteiger charge is -2.21. The summed E-state index contributed by atoms with van der Waals surface area (Å²) in [5.41, 5.74) is 0.753. The Kier molecular flexibility index (Phi) is 5.30. The van der Waals surface area contributed by atoms with Gasteiger partial charge in [-0.25, -0.2) is 4.79 Å². The van der Waals surface area contributed by atoms with Crippen molar-refractivity contribution >= 4 is 6.09 Å². The summed E-state index contributed by atoms with van der Waals surface area (Å²) in [5, 5.41) is 11.8. The van der Waals surface area contributed by atoms with E-state index < -0.39 is 5.60 Å². The predicted molar refractivity (Wildman–Crippen MR) is 100 cm³/mol. The first-order chi connectivity index (χ1) is 12.3. The Morgan fingerprint density at radius 3 is 2.65 bits per heavy atom. The molecule has 6 nitrogen and oxygen atoms in total. The smallest absolute Gasteiger partial charge is 0.407 e. The molecule has 0 bridgehead atoms. The van der Waals surface area contributed by atoms with Crippen LogP contribution in [0.1, 0.15) is 63.2 Å². The van der Waals surface area contributed by atoms with Crippen LogP contribution in [0.2, 0.25) is 0 Å². The highest BCUT2D eigenvalue weighted by Crippen LogP contribution is 2.33. The maximum atomic E-state index is 12.0. The lowest BCUT2D eigenvalue weighted by molar-refractivity contribution is 0.0505. The van der Waals surface area contributed by atoms with Crippen LogP contribution in [0.15, 0.2) is 30.3 Å². The van der Waals surface area contributed by atoms with Gasteiger partial charge in [-0.3, -0.25) is 0 Å². The van der Waals surface area contributed by atoms with E-state index in [4.69, 9.17) is 4.74 Å². The summed E-state index contributed by atoms with van der Waals surface area (Å²) < 4.78 is 7.46. The first kappa shape index (κ1) is 18.4. The maximum absolute atomic E-state index is 12.0. The molecule has 1 aromatic heterocycles. The Balaban J connectivity index is 1.60. The molecule has 0 spiro atoms. The third kappa shape index (κ3) is 4.62. The van der Waals surface area contributed by atoms with Gasteiger partial charge in [0.2, 0.25) is 0 Å². The largest absolute Gasteiger partial charge is 0.444 e. The minimum atomic E-state index is -0.474. The van der Waals surface area contributed by atoms with Crippen molar-refractivity contribution in [1.29, 1.82) is 0 Å². The first-order valence-electron chi connectivity index (χ1n) is 9.23. The average Bonchev–Trinajstić information content (AvgIpc) is 3.14. The van der Waals surface area contributed by atoms with E-state index >= 15 is 0 Å². The number of aromatic nitrogens is 3. The van der Waals surface area contributed by atoms with E-state index in [-0.39, 0.29) is 12.1 Å². The van der Waals surface area contributed by atoms with Gasteiger partial charge in [0.1, 0.15) is 17.2 Å². The zero-order valence-corrected chi connectivity index (χ0v) is 16.0. The molecule has 1 saturated carbocycles. The molecule has 1 N–H and O–H groups in total. The number of alkyl carbamates (subject to hydrolysis) is 1. The van der Waals surface area contributed by atoms with Crippen molar-refractivity contribution in [2.24, 2.45) is 7.05 Å². The molecule has 1 fully saturated rings. The van der Waals surface area contributed by atoms with E-state index in [0.29, 0.717) is 5.92 Å². The number of hydrogen-bond donors (Lipinski definition) is 1. The molecule has 3 rings (SSSR count). The predicted octanol–water partition coefficient (Wildman–Crippen LogP) is 3.57. The van der Waals surface area contributed by atoms with Crippen molar-refractivity contribution in [1.82, 2.24) is 20.1 Å². The van der Waals surface area contributed by atoms with Crippen molar-refractivity contribution in [3.05, 3.63) is 47.5 Å². The van der Waals surface area contributed by atoms with E-state index in [2.05, 4.69) is 32.2 Å². The van der Waals surface area contributed by atoms with Crippen LogP contribution in [0.5, 0.6) is 0 Å². The Labute approximate surface area is 155 Å². The molecule has 0 radical (unpaired) electrons. The number of amides is 1. The van der Waals surface area contributed by atoms with E-state index in [9.17, 15) is 4.79 Å². The van der Waals surface area contributed by atoms with Gasteiger partial charge in [-0.05, 0) is 45.6 Å². The van der Waals surface area contributed by atoms with Crippen LogP contribution in [-0.4, -0.2) is 32.5 Å². The number of ether oxygens (including phenoxy) is 1. The van der Waals surface area contributed by atoms with E-state index in [1.807, 2.05) is 46.0 Å². The molecular formula is C20H28N4O2. The van der Waals surface area contributed by atoms with E-state index in [1.165, 1.54) is 5.56 Å². The third-order valence-electron chi connectivity index (χ3n) is 4.72. The van der Waals surface area contributed by atoms with Gasteiger partial charge < -0.3 is 14.6 Å². The number of rotatable bonds is 4. The molecule has 1 aliphatic carbocycles. The fraction of sp³-hybridized carbons (Fsp3) is 0.550. The fourth-order valence-corrected chi connectivity index (χ4v) is 3.48. The highest BCUT2D eigenvalue weighted by Gasteiger charge is 2.31. The molecule has 2 aromatic rings. The molecule has 26 heavy (non-hydrogen) atoms. The lowest BCUT2D eigenvalue weighted by Crippen LogP contribution is -2.37. The van der Waals surface area contributed by atoms with Crippen molar-refractivity contribution in [2.75, 3.05) is 0 Å². The summed E-state index contributed by atoms with van der Waals surface area (Å²) in [4.78, 5) is 12.0. The zero-order chi connectivity index (χ0) is 18.7. The molecule has 0 saturated heterocycles. The van der Waals surface area contributed by atoms with Crippen LogP contribution in [0, 0.1) is 0 Å². The second-order valence-electron chi connectivity index (χ2n) is 8.05. The molecule has 140 valence electrons. The van der Waals surface area contributed by atoms with Gasteiger partial charge in [-0.1, -0.05) is 30.3 Å². The number of nitrogens with one attached hydrogen (secondary N) is 1. The zero-order valence-electron chi connectivity index (χ0n) is 16.0. The summed E-state index contributed by atoms with van der Waals surface area (Å²) in [7, 11) is 2.03. The Hall–Kier alpha value is -2.37. The van der Waals surface area contributed by atoms with Crippen molar-refractivity contribution in [3.63, 3.8) is 0 Å². The topological polar surface area (TPSA) is 69.0 Å². The standard InChI is InChI=1S/C20H28N4O2/c1-20(2,3)26-19(25)21-16-11-10-15(13-16)18-23-22-17(24(18)4)12-14-8-6-5-7-9-14/h5-9,15-16H,10-13H2,1-4H3,(H,21,25)/t15-,16-/m0/s1. The van der Waals surface area contributed by atoms with Crippen LogP contribution in [0.3, 0.4) is 0 Å². The van der Waals surface area contributed by atoms with Gasteiger partial charge in [-0.2, -0.15) is 0 Å². The van der Waals surface area contributed by atoms with Crippen LogP contribution in [0.4, 0.5) is 4.79 Å². The maximum Gasteiger partial charge on any atom is 0.407 e. The molecule has 6 heteroatoms. The minimum Gasteiger partial charge on any atom is -0.444 e. The minimum absolute atomic E-state index is 0.129. The second-order valence-corrected chi connectivity index (χ2v) is 8.05. The molecule has 0 unspecified atom stereocenters. The van der Waals surface area contributed by atoms with Gasteiger partial charge in [0.15, 0.2) is 0 Å². The van der Waals surface area contributed by atoms with Crippen LogP contribution >= 0.6 is 0 Å². The average molecular weight is 356 g/mol. The summed E-state index contributed by atoms with van der Waals surface area (Å²) in [6.07, 6.45) is 3.24. The summed E-state index contributed by atoms with van der Waals surface area (Å²) in [6, 6.07) is 10.4. The highest BCUT2D eigenvalue weighted by molar-refractivity contribution is 5.68. The van der Waals surface area contributed by atoms with E-state index in [1.54, 1.807) is 0 Å². The molecule has 1 heterocycles. The van der Waals surface area contributed by atoms with Crippen LogP contribution in [-0.2, 0) is 18.2 Å². The van der Waals surface area contributed by atoms with Gasteiger partial charge in [-0.15, -0.1) is 10.2 Å². The first-order valence-corrected chi connectivity index (χ1v) is 9.23. The quantitative estimate of drug-likeness (QED) is 0.909. The van der Waals surface area contributed by atoms with Gasteiger partial charge >= 0.3 is 6.09 Å². The Morgan fingerprint density at radius 2 is 1.96 bits per heavy atom. The monoisotopic (exact) mass is 356 g/mol. The van der Waals surface area contributed by atoms with Gasteiger partial charge in [0, 0.05) is 25.4 Å². The number of carbonyl (C=O) groups is 1. The fourth-order valence-electron chi connectivity index (χ4n) is 3.48. The third-order valence-corrected chi connectivity index (χ3v) is 4.72. The van der Waals surface area contributed by atoms with Crippen molar-refractivity contribution in [2.45, 2.75) is 64.0 Å². The van der Waals surface area contributed by atoms with Crippen molar-refractivity contribution < 1.29 is 9.53 Å². The highest BCUT2D eigenvalue weighted by atomic mass is 16.6. The summed E-state index contributed by atoms with van der Waals surface area (Å²) in [6.45, 7) is 5.62. The number of carbonyl (C=O) groups excluding carboxylic acids is 1. The molecular weight excluding hydrogens is 328 g/mol. The van der Waals surface area contributed by atoms with Crippen LogP contribution < -0.4 is 5.32 Å².